The quantitative estimate of drug-likeness (QED) is 0.749. The summed E-state index contributed by atoms with van der Waals surface area (Å²) in [5.74, 6) is -1.27. The van der Waals surface area contributed by atoms with Crippen LogP contribution in [0.2, 0.25) is 5.15 Å². The average Bonchev–Trinajstić information content (AvgIpc) is 2.55. The number of alkyl halides is 3. The van der Waals surface area contributed by atoms with E-state index in [0.717, 1.165) is 12.1 Å². The van der Waals surface area contributed by atoms with Crippen molar-refractivity contribution in [3.05, 3.63) is 64.4 Å². The highest BCUT2D eigenvalue weighted by atomic mass is 35.5. The molecule has 1 heterocycles. The number of aromatic nitrogens is 1. The van der Waals surface area contributed by atoms with E-state index in [-0.39, 0.29) is 18.0 Å². The van der Waals surface area contributed by atoms with Gasteiger partial charge in [-0.2, -0.15) is 13.2 Å². The Kier molecular flexibility index (Phi) is 6.20. The second-order valence-corrected chi connectivity index (χ2v) is 5.97. The van der Waals surface area contributed by atoms with Gasteiger partial charge in [0.05, 0.1) is 12.0 Å². The van der Waals surface area contributed by atoms with E-state index in [1.165, 1.54) is 18.3 Å². The number of benzene rings is 1. The van der Waals surface area contributed by atoms with Gasteiger partial charge in [-0.3, -0.25) is 9.59 Å². The van der Waals surface area contributed by atoms with Gasteiger partial charge in [0.2, 0.25) is 11.8 Å². The molecular weight excluding hydrogens is 371 g/mol. The van der Waals surface area contributed by atoms with E-state index in [1.54, 1.807) is 12.1 Å². The predicted molar refractivity (Wildman–Crippen MR) is 89.2 cm³/mol. The molecule has 138 valence electrons. The lowest BCUT2D eigenvalue weighted by atomic mass is 10.1. The van der Waals surface area contributed by atoms with E-state index >= 15 is 0 Å². The molecule has 2 rings (SSSR count). The summed E-state index contributed by atoms with van der Waals surface area (Å²) in [4.78, 5) is 27.5. The van der Waals surface area contributed by atoms with Gasteiger partial charge in [-0.1, -0.05) is 29.8 Å². The van der Waals surface area contributed by atoms with Crippen LogP contribution in [0.15, 0.2) is 42.6 Å². The largest absolute Gasteiger partial charge is 0.416 e. The Morgan fingerprint density at radius 3 is 2.23 bits per heavy atom. The fourth-order valence-corrected chi connectivity index (χ4v) is 2.34. The third kappa shape index (κ3) is 5.73. The number of pyridine rings is 1. The molecule has 3 N–H and O–H groups in total. The molecule has 0 unspecified atom stereocenters. The molecule has 0 saturated carbocycles. The molecule has 0 fully saturated rings. The summed E-state index contributed by atoms with van der Waals surface area (Å²) in [6.07, 6.45) is -3.04. The molecule has 2 aromatic rings. The standard InChI is InChI=1S/C17H15ClF3N3O2/c18-14-6-3-11(9-23-14)7-13(16(22)26)24-15(25)8-10-1-4-12(5-2-10)17(19,20)21/h1-6,9,13H,7-8H2,(H2,22,26)(H,24,25)/t13-/m1/s1. The van der Waals surface area contributed by atoms with Gasteiger partial charge in [0, 0.05) is 12.6 Å². The van der Waals surface area contributed by atoms with Gasteiger partial charge in [0.15, 0.2) is 0 Å². The first-order valence-electron chi connectivity index (χ1n) is 7.50. The van der Waals surface area contributed by atoms with Crippen LogP contribution >= 0.6 is 11.6 Å². The summed E-state index contributed by atoms with van der Waals surface area (Å²) in [5, 5.41) is 2.76. The molecule has 0 spiro atoms. The molecule has 9 heteroatoms. The number of halogens is 4. The van der Waals surface area contributed by atoms with Crippen molar-refractivity contribution in [1.82, 2.24) is 10.3 Å². The van der Waals surface area contributed by atoms with Crippen LogP contribution in [0.3, 0.4) is 0 Å². The van der Waals surface area contributed by atoms with Crippen LogP contribution in [-0.2, 0) is 28.6 Å². The van der Waals surface area contributed by atoms with Crippen LogP contribution in [-0.4, -0.2) is 22.8 Å². The highest BCUT2D eigenvalue weighted by molar-refractivity contribution is 6.29. The number of nitrogens with one attached hydrogen (secondary N) is 1. The van der Waals surface area contributed by atoms with E-state index < -0.39 is 29.6 Å². The fraction of sp³-hybridized carbons (Fsp3) is 0.235. The number of hydrogen-bond donors (Lipinski definition) is 2. The summed E-state index contributed by atoms with van der Waals surface area (Å²) >= 11 is 5.68. The monoisotopic (exact) mass is 385 g/mol. The topological polar surface area (TPSA) is 85.1 Å². The molecule has 5 nitrogen and oxygen atoms in total. The number of primary amides is 1. The van der Waals surface area contributed by atoms with Crippen molar-refractivity contribution in [1.29, 1.82) is 0 Å². The molecule has 26 heavy (non-hydrogen) atoms. The van der Waals surface area contributed by atoms with Crippen LogP contribution in [0.25, 0.3) is 0 Å². The van der Waals surface area contributed by atoms with E-state index in [0.29, 0.717) is 11.1 Å². The first-order chi connectivity index (χ1) is 12.1. The van der Waals surface area contributed by atoms with Crippen molar-refractivity contribution in [2.24, 2.45) is 5.73 Å². The Hall–Kier alpha value is -2.61. The molecule has 1 aromatic carbocycles. The molecule has 0 bridgehead atoms. The van der Waals surface area contributed by atoms with Crippen molar-refractivity contribution in [3.63, 3.8) is 0 Å². The second kappa shape index (κ2) is 8.18. The molecule has 1 atom stereocenters. The predicted octanol–water partition coefficient (Wildman–Crippen LogP) is 2.51. The van der Waals surface area contributed by atoms with Gasteiger partial charge in [0.25, 0.3) is 0 Å². The van der Waals surface area contributed by atoms with E-state index in [1.807, 2.05) is 0 Å². The lowest BCUT2D eigenvalue weighted by Crippen LogP contribution is -2.46. The van der Waals surface area contributed by atoms with Gasteiger partial charge in [-0.05, 0) is 29.3 Å². The number of hydrogen-bond acceptors (Lipinski definition) is 3. The summed E-state index contributed by atoms with van der Waals surface area (Å²) in [5.41, 5.74) is 5.53. The Morgan fingerprint density at radius 2 is 1.73 bits per heavy atom. The Bertz CT molecular complexity index is 777. The number of nitrogens with two attached hydrogens (primary N) is 1. The lowest BCUT2D eigenvalue weighted by Gasteiger charge is -2.15. The summed E-state index contributed by atoms with van der Waals surface area (Å²) in [6, 6.07) is 6.43. The Labute approximate surface area is 152 Å². The molecule has 0 saturated heterocycles. The highest BCUT2D eigenvalue weighted by Crippen LogP contribution is 2.29. The number of rotatable bonds is 6. The molecule has 0 aliphatic heterocycles. The third-order valence-corrected chi connectivity index (χ3v) is 3.78. The smallest absolute Gasteiger partial charge is 0.368 e. The zero-order valence-corrected chi connectivity index (χ0v) is 14.1. The molecule has 2 amide bonds. The van der Waals surface area contributed by atoms with Crippen molar-refractivity contribution in [2.75, 3.05) is 0 Å². The zero-order chi connectivity index (χ0) is 19.3. The second-order valence-electron chi connectivity index (χ2n) is 5.59. The number of nitrogens with zero attached hydrogens (tertiary/aromatic N) is 1. The van der Waals surface area contributed by atoms with Crippen molar-refractivity contribution in [3.8, 4) is 0 Å². The first kappa shape index (κ1) is 19.7. The first-order valence-corrected chi connectivity index (χ1v) is 7.88. The van der Waals surface area contributed by atoms with E-state index in [9.17, 15) is 22.8 Å². The molecular formula is C17H15ClF3N3O2. The lowest BCUT2D eigenvalue weighted by molar-refractivity contribution is -0.137. The number of carbonyl (C=O) groups excluding carboxylic acids is 2. The Balaban J connectivity index is 1.99. The van der Waals surface area contributed by atoms with Gasteiger partial charge in [-0.25, -0.2) is 4.98 Å². The molecule has 0 aliphatic rings. The zero-order valence-electron chi connectivity index (χ0n) is 13.4. The minimum Gasteiger partial charge on any atom is -0.368 e. The van der Waals surface area contributed by atoms with Crippen LogP contribution in [0.4, 0.5) is 13.2 Å². The summed E-state index contributed by atoms with van der Waals surface area (Å²) in [6.45, 7) is 0. The van der Waals surface area contributed by atoms with Crippen molar-refractivity contribution in [2.45, 2.75) is 25.1 Å². The number of amides is 2. The molecule has 0 aliphatic carbocycles. The SMILES string of the molecule is NC(=O)[C@@H](Cc1ccc(Cl)nc1)NC(=O)Cc1ccc(C(F)(F)F)cc1. The van der Waals surface area contributed by atoms with Gasteiger partial charge < -0.3 is 11.1 Å². The minimum absolute atomic E-state index is 0.123. The fourth-order valence-electron chi connectivity index (χ4n) is 2.23. The van der Waals surface area contributed by atoms with Crippen LogP contribution < -0.4 is 11.1 Å². The third-order valence-electron chi connectivity index (χ3n) is 3.55. The minimum atomic E-state index is -4.44. The van der Waals surface area contributed by atoms with Crippen LogP contribution in [0.5, 0.6) is 0 Å². The van der Waals surface area contributed by atoms with Crippen LogP contribution in [0.1, 0.15) is 16.7 Å². The van der Waals surface area contributed by atoms with Crippen molar-refractivity contribution < 1.29 is 22.8 Å². The number of carbonyl (C=O) groups is 2. The molecule has 1 aromatic heterocycles. The van der Waals surface area contributed by atoms with E-state index in [2.05, 4.69) is 10.3 Å². The normalized spacial score (nSPS) is 12.5. The van der Waals surface area contributed by atoms with Gasteiger partial charge >= 0.3 is 6.18 Å². The maximum atomic E-state index is 12.5. The highest BCUT2D eigenvalue weighted by Gasteiger charge is 2.30. The van der Waals surface area contributed by atoms with Crippen LogP contribution in [0, 0.1) is 0 Å². The van der Waals surface area contributed by atoms with Gasteiger partial charge in [0.1, 0.15) is 11.2 Å². The van der Waals surface area contributed by atoms with Crippen molar-refractivity contribution >= 4 is 23.4 Å². The summed E-state index contributed by atoms with van der Waals surface area (Å²) < 4.78 is 37.6. The van der Waals surface area contributed by atoms with E-state index in [4.69, 9.17) is 17.3 Å². The Morgan fingerprint density at radius 1 is 1.12 bits per heavy atom. The van der Waals surface area contributed by atoms with Gasteiger partial charge in [-0.15, -0.1) is 0 Å². The summed E-state index contributed by atoms with van der Waals surface area (Å²) in [7, 11) is 0. The maximum Gasteiger partial charge on any atom is 0.416 e. The molecule has 0 radical (unpaired) electrons. The average molecular weight is 386 g/mol. The maximum absolute atomic E-state index is 12.5.